The van der Waals surface area contributed by atoms with Gasteiger partial charge >= 0.3 is 0 Å². The van der Waals surface area contributed by atoms with Crippen molar-refractivity contribution in [3.63, 3.8) is 0 Å². The molecule has 1 rings (SSSR count). The highest BCUT2D eigenvalue weighted by Gasteiger charge is 1.98. The van der Waals surface area contributed by atoms with Crippen molar-refractivity contribution >= 4 is 35.6 Å². The fourth-order valence-corrected chi connectivity index (χ4v) is 1.25. The minimum Gasteiger partial charge on any atom is -0.271 e. The number of hydrazine groups is 1. The second-order valence-electron chi connectivity index (χ2n) is 2.12. The molecule has 0 aliphatic rings. The Labute approximate surface area is 87.4 Å². The van der Waals surface area contributed by atoms with Gasteiger partial charge in [-0.05, 0) is 17.7 Å². The first-order valence-electron chi connectivity index (χ1n) is 3.11. The maximum atomic E-state index is 5.83. The van der Waals surface area contributed by atoms with Crippen LogP contribution in [0.2, 0.25) is 10.0 Å². The van der Waals surface area contributed by atoms with Crippen LogP contribution in [0, 0.1) is 0 Å². The fraction of sp³-hybridized carbons (Fsp3) is 0.143. The van der Waals surface area contributed by atoms with Crippen molar-refractivity contribution in [2.24, 2.45) is 5.84 Å². The summed E-state index contributed by atoms with van der Waals surface area (Å²) >= 11 is 11.5. The predicted octanol–water partition coefficient (Wildman–Crippen LogP) is 2.38. The van der Waals surface area contributed by atoms with Crippen molar-refractivity contribution in [3.05, 3.63) is 33.8 Å². The quantitative estimate of drug-likeness (QED) is 0.601. The molecule has 0 bridgehead atoms. The zero-order valence-corrected chi connectivity index (χ0v) is 8.51. The summed E-state index contributed by atoms with van der Waals surface area (Å²) in [7, 11) is 0. The standard InChI is InChI=1S/C7H8Cl2N2.ClH/c8-6-2-1-5(4-11-10)7(9)3-6;/h1-3,11H,4,10H2;1H. The molecular weight excluding hydrogens is 218 g/mol. The summed E-state index contributed by atoms with van der Waals surface area (Å²) in [4.78, 5) is 0. The monoisotopic (exact) mass is 226 g/mol. The van der Waals surface area contributed by atoms with Crippen LogP contribution in [0.5, 0.6) is 0 Å². The minimum absolute atomic E-state index is 0. The van der Waals surface area contributed by atoms with Crippen LogP contribution < -0.4 is 11.3 Å². The van der Waals surface area contributed by atoms with E-state index in [2.05, 4.69) is 5.43 Å². The lowest BCUT2D eigenvalue weighted by Gasteiger charge is -2.02. The summed E-state index contributed by atoms with van der Waals surface area (Å²) in [6, 6.07) is 5.31. The molecule has 1 aromatic rings. The lowest BCUT2D eigenvalue weighted by atomic mass is 10.2. The molecule has 0 aliphatic carbocycles. The molecule has 3 N–H and O–H groups in total. The van der Waals surface area contributed by atoms with Gasteiger partial charge in [0.15, 0.2) is 0 Å². The van der Waals surface area contributed by atoms with Crippen LogP contribution in [0.15, 0.2) is 18.2 Å². The molecule has 0 heterocycles. The molecule has 0 saturated carbocycles. The van der Waals surface area contributed by atoms with E-state index in [9.17, 15) is 0 Å². The normalized spacial score (nSPS) is 9.25. The maximum Gasteiger partial charge on any atom is 0.0466 e. The first-order valence-corrected chi connectivity index (χ1v) is 3.87. The van der Waals surface area contributed by atoms with Gasteiger partial charge < -0.3 is 0 Å². The number of nitrogens with one attached hydrogen (secondary N) is 1. The van der Waals surface area contributed by atoms with Crippen molar-refractivity contribution in [2.45, 2.75) is 6.54 Å². The van der Waals surface area contributed by atoms with Crippen LogP contribution in [-0.4, -0.2) is 0 Å². The van der Waals surface area contributed by atoms with Crippen LogP contribution in [0.4, 0.5) is 0 Å². The van der Waals surface area contributed by atoms with E-state index in [0.717, 1.165) is 5.56 Å². The third-order valence-corrected chi connectivity index (χ3v) is 1.89. The van der Waals surface area contributed by atoms with Gasteiger partial charge in [-0.3, -0.25) is 11.3 Å². The molecule has 0 atom stereocenters. The Hall–Kier alpha value is 0.01000. The van der Waals surface area contributed by atoms with Gasteiger partial charge in [-0.15, -0.1) is 12.4 Å². The van der Waals surface area contributed by atoms with Gasteiger partial charge in [0.1, 0.15) is 0 Å². The highest BCUT2D eigenvalue weighted by atomic mass is 35.5. The summed E-state index contributed by atoms with van der Waals surface area (Å²) < 4.78 is 0. The number of hydrogen-bond donors (Lipinski definition) is 2. The second kappa shape index (κ2) is 5.62. The number of rotatable bonds is 2. The minimum atomic E-state index is 0. The Balaban J connectivity index is 0.00000121. The van der Waals surface area contributed by atoms with Gasteiger partial charge in [0.25, 0.3) is 0 Å². The van der Waals surface area contributed by atoms with Crippen molar-refractivity contribution < 1.29 is 0 Å². The lowest BCUT2D eigenvalue weighted by Crippen LogP contribution is -2.20. The first-order chi connectivity index (χ1) is 5.24. The predicted molar refractivity (Wildman–Crippen MR) is 54.7 cm³/mol. The van der Waals surface area contributed by atoms with E-state index in [1.165, 1.54) is 0 Å². The van der Waals surface area contributed by atoms with Crippen molar-refractivity contribution in [3.8, 4) is 0 Å². The van der Waals surface area contributed by atoms with Crippen LogP contribution in [0.3, 0.4) is 0 Å². The molecule has 0 fully saturated rings. The van der Waals surface area contributed by atoms with Crippen LogP contribution >= 0.6 is 35.6 Å². The molecule has 0 aromatic heterocycles. The Bertz CT molecular complexity index is 252. The second-order valence-corrected chi connectivity index (χ2v) is 2.96. The third-order valence-electron chi connectivity index (χ3n) is 1.31. The molecule has 12 heavy (non-hydrogen) atoms. The van der Waals surface area contributed by atoms with E-state index in [-0.39, 0.29) is 12.4 Å². The molecule has 1 aromatic carbocycles. The van der Waals surface area contributed by atoms with Gasteiger partial charge in [-0.25, -0.2) is 0 Å². The number of halogens is 3. The average Bonchev–Trinajstić information content (AvgIpc) is 1.95. The lowest BCUT2D eigenvalue weighted by molar-refractivity contribution is 0.741. The Morgan fingerprint density at radius 3 is 2.50 bits per heavy atom. The van der Waals surface area contributed by atoms with Gasteiger partial charge in [0, 0.05) is 16.6 Å². The van der Waals surface area contributed by atoms with E-state index in [1.54, 1.807) is 12.1 Å². The van der Waals surface area contributed by atoms with E-state index < -0.39 is 0 Å². The van der Waals surface area contributed by atoms with Crippen molar-refractivity contribution in [2.75, 3.05) is 0 Å². The number of benzene rings is 1. The average molecular weight is 228 g/mol. The summed E-state index contributed by atoms with van der Waals surface area (Å²) in [6.07, 6.45) is 0. The fourth-order valence-electron chi connectivity index (χ4n) is 0.775. The molecule has 0 radical (unpaired) electrons. The molecule has 0 aliphatic heterocycles. The molecular formula is C7H9Cl3N2. The molecule has 5 heteroatoms. The summed E-state index contributed by atoms with van der Waals surface area (Å²) in [5.74, 6) is 5.13. The molecule has 0 saturated heterocycles. The summed E-state index contributed by atoms with van der Waals surface area (Å²) in [6.45, 7) is 0.552. The van der Waals surface area contributed by atoms with Gasteiger partial charge in [0.05, 0.1) is 0 Å². The SMILES string of the molecule is Cl.NNCc1ccc(Cl)cc1Cl. The first kappa shape index (κ1) is 12.0. The van der Waals surface area contributed by atoms with Gasteiger partial charge in [-0.2, -0.15) is 0 Å². The summed E-state index contributed by atoms with van der Waals surface area (Å²) in [5, 5.41) is 1.27. The molecule has 0 amide bonds. The van der Waals surface area contributed by atoms with Crippen molar-refractivity contribution in [1.82, 2.24) is 5.43 Å². The largest absolute Gasteiger partial charge is 0.271 e. The van der Waals surface area contributed by atoms with E-state index in [0.29, 0.717) is 16.6 Å². The Kier molecular flexibility index (Phi) is 5.63. The Morgan fingerprint density at radius 2 is 2.00 bits per heavy atom. The molecule has 0 unspecified atom stereocenters. The Morgan fingerprint density at radius 1 is 1.33 bits per heavy atom. The molecule has 0 spiro atoms. The zero-order valence-electron chi connectivity index (χ0n) is 6.18. The van der Waals surface area contributed by atoms with Gasteiger partial charge in [-0.1, -0.05) is 29.3 Å². The van der Waals surface area contributed by atoms with Crippen LogP contribution in [0.25, 0.3) is 0 Å². The highest BCUT2D eigenvalue weighted by Crippen LogP contribution is 2.20. The number of nitrogens with two attached hydrogens (primary N) is 1. The smallest absolute Gasteiger partial charge is 0.0466 e. The van der Waals surface area contributed by atoms with Crippen LogP contribution in [-0.2, 0) is 6.54 Å². The zero-order chi connectivity index (χ0) is 8.27. The molecule has 68 valence electrons. The van der Waals surface area contributed by atoms with E-state index in [4.69, 9.17) is 29.0 Å². The maximum absolute atomic E-state index is 5.83. The summed E-state index contributed by atoms with van der Waals surface area (Å²) in [5.41, 5.74) is 3.46. The van der Waals surface area contributed by atoms with E-state index >= 15 is 0 Å². The number of hydrogen-bond acceptors (Lipinski definition) is 2. The third kappa shape index (κ3) is 3.17. The van der Waals surface area contributed by atoms with Crippen molar-refractivity contribution in [1.29, 1.82) is 0 Å². The molecule has 2 nitrogen and oxygen atoms in total. The topological polar surface area (TPSA) is 38.0 Å². The van der Waals surface area contributed by atoms with Gasteiger partial charge in [0.2, 0.25) is 0 Å². The van der Waals surface area contributed by atoms with Crippen LogP contribution in [0.1, 0.15) is 5.56 Å². The van der Waals surface area contributed by atoms with E-state index in [1.807, 2.05) is 6.07 Å². The highest BCUT2D eigenvalue weighted by molar-refractivity contribution is 6.35.